The summed E-state index contributed by atoms with van der Waals surface area (Å²) in [4.78, 5) is 23.1. The first kappa shape index (κ1) is 29.0. The van der Waals surface area contributed by atoms with Gasteiger partial charge in [0.2, 0.25) is 0 Å². The summed E-state index contributed by atoms with van der Waals surface area (Å²) in [7, 11) is 0. The quantitative estimate of drug-likeness (QED) is 0.313. The Kier molecular flexibility index (Phi) is 8.37. The predicted molar refractivity (Wildman–Crippen MR) is 106 cm³/mol. The lowest BCUT2D eigenvalue weighted by Crippen LogP contribution is -2.50. The molecule has 0 bridgehead atoms. The van der Waals surface area contributed by atoms with Gasteiger partial charge < -0.3 is 20.5 Å². The average molecular weight is 601 g/mol. The first-order chi connectivity index (χ1) is 16.4. The third-order valence-electron chi connectivity index (χ3n) is 4.36. The molecule has 198 valence electrons. The molecule has 0 radical (unpaired) electrons. The number of ether oxygens (including phenoxy) is 1. The summed E-state index contributed by atoms with van der Waals surface area (Å²) in [6.45, 7) is -4.63. The van der Waals surface area contributed by atoms with Gasteiger partial charge >= 0.3 is 30.6 Å². The summed E-state index contributed by atoms with van der Waals surface area (Å²) < 4.78 is 136. The third kappa shape index (κ3) is 5.93. The predicted octanol–water partition coefficient (Wildman–Crippen LogP) is 6.23. The van der Waals surface area contributed by atoms with Gasteiger partial charge in [0.15, 0.2) is 11.6 Å². The van der Waals surface area contributed by atoms with Gasteiger partial charge in [0.25, 0.3) is 5.91 Å². The Labute approximate surface area is 202 Å². The third-order valence-corrected chi connectivity index (χ3v) is 4.99. The lowest BCUT2D eigenvalue weighted by molar-refractivity contribution is -0.348. The number of carboxylic acids is 1. The molecule has 2 rings (SSSR count). The smallest absolute Gasteiger partial charge is 0.435 e. The van der Waals surface area contributed by atoms with Gasteiger partial charge in [0, 0.05) is 10.0 Å². The normalized spacial score (nSPS) is 12.4. The van der Waals surface area contributed by atoms with Gasteiger partial charge in [-0.3, -0.25) is 9.59 Å². The molecule has 2 aromatic carbocycles. The molecule has 0 aliphatic heterocycles. The molecular weight excluding hydrogens is 590 g/mol. The van der Waals surface area contributed by atoms with Crippen LogP contribution in [-0.2, 0) is 10.5 Å². The molecule has 0 fully saturated rings. The molecule has 0 aliphatic rings. The minimum Gasteiger partial charge on any atom is -0.480 e. The number of aliphatic carboxylic acids is 1. The molecule has 0 atom stereocenters. The number of halogens is 11. The molecule has 0 aromatic heterocycles. The molecule has 3 N–H and O–H groups in total. The maximum atomic E-state index is 14.6. The number of carbonyl (C=O) groups excluding carboxylic acids is 1. The number of rotatable bonds is 8. The van der Waals surface area contributed by atoms with Crippen molar-refractivity contribution >= 4 is 39.2 Å². The number of carbonyl (C=O) groups is 2. The Balaban J connectivity index is 2.59. The van der Waals surface area contributed by atoms with Crippen molar-refractivity contribution < 1.29 is 63.3 Å². The Bertz CT molecular complexity index is 1140. The van der Waals surface area contributed by atoms with Crippen molar-refractivity contribution in [2.24, 2.45) is 0 Å². The zero-order valence-electron chi connectivity index (χ0n) is 17.0. The van der Waals surface area contributed by atoms with E-state index in [-0.39, 0.29) is 12.1 Å². The SMILES string of the molecule is O=C(O)CNc1cccc(C(=O)Nc2c(Br)cc(C(F)(C(F)(F)F)C(F)(F)F)cc2OC(F)F)c1F. The van der Waals surface area contributed by atoms with Crippen LogP contribution >= 0.6 is 15.9 Å². The summed E-state index contributed by atoms with van der Waals surface area (Å²) in [5.41, 5.74) is -10.5. The summed E-state index contributed by atoms with van der Waals surface area (Å²) >= 11 is 2.48. The van der Waals surface area contributed by atoms with Gasteiger partial charge in [-0.1, -0.05) is 6.07 Å². The van der Waals surface area contributed by atoms with Crippen molar-refractivity contribution in [1.29, 1.82) is 0 Å². The van der Waals surface area contributed by atoms with E-state index in [2.05, 4.69) is 26.0 Å². The van der Waals surface area contributed by atoms with Crippen molar-refractivity contribution in [1.82, 2.24) is 0 Å². The highest BCUT2D eigenvalue weighted by atomic mass is 79.9. The van der Waals surface area contributed by atoms with Crippen LogP contribution in [0, 0.1) is 5.82 Å². The van der Waals surface area contributed by atoms with E-state index in [1.807, 2.05) is 0 Å². The fourth-order valence-electron chi connectivity index (χ4n) is 2.77. The standard InChI is InChI=1S/C19H11BrF10N2O4/c20-9-4-7(17(24,18(25,26)27)19(28,29)30)5-11(36-16(22)23)14(9)32-15(35)8-2-1-3-10(13(8)21)31-6-12(33)34/h1-5,16,31H,6H2,(H,32,35)(H,33,34). The van der Waals surface area contributed by atoms with Crippen LogP contribution in [0.5, 0.6) is 5.75 Å². The van der Waals surface area contributed by atoms with Crippen LogP contribution in [0.15, 0.2) is 34.8 Å². The highest BCUT2D eigenvalue weighted by Crippen LogP contribution is 2.55. The number of benzene rings is 2. The van der Waals surface area contributed by atoms with Crippen LogP contribution in [-0.4, -0.2) is 42.5 Å². The fourth-order valence-corrected chi connectivity index (χ4v) is 3.32. The maximum absolute atomic E-state index is 14.6. The molecule has 0 saturated heterocycles. The number of amides is 1. The first-order valence-electron chi connectivity index (χ1n) is 9.06. The van der Waals surface area contributed by atoms with Crippen molar-refractivity contribution in [3.63, 3.8) is 0 Å². The van der Waals surface area contributed by atoms with Gasteiger partial charge in [-0.2, -0.15) is 35.1 Å². The Hall–Kier alpha value is -3.24. The van der Waals surface area contributed by atoms with E-state index in [4.69, 9.17) is 5.11 Å². The Morgan fingerprint density at radius 3 is 2.11 bits per heavy atom. The van der Waals surface area contributed by atoms with Crippen LogP contribution in [0.4, 0.5) is 55.3 Å². The van der Waals surface area contributed by atoms with Crippen LogP contribution in [0.25, 0.3) is 0 Å². The van der Waals surface area contributed by atoms with E-state index >= 15 is 0 Å². The maximum Gasteiger partial charge on any atom is 0.435 e. The highest BCUT2D eigenvalue weighted by molar-refractivity contribution is 9.10. The van der Waals surface area contributed by atoms with E-state index in [9.17, 15) is 53.5 Å². The zero-order valence-corrected chi connectivity index (χ0v) is 18.6. The molecule has 0 spiro atoms. The van der Waals surface area contributed by atoms with Crippen LogP contribution in [0.1, 0.15) is 15.9 Å². The van der Waals surface area contributed by atoms with Gasteiger partial charge in [-0.05, 0) is 40.2 Å². The number of hydrogen-bond acceptors (Lipinski definition) is 4. The van der Waals surface area contributed by atoms with Gasteiger partial charge in [-0.25, -0.2) is 8.78 Å². The number of alkyl halides is 9. The molecule has 0 unspecified atom stereocenters. The van der Waals surface area contributed by atoms with Gasteiger partial charge in [0.05, 0.1) is 16.9 Å². The second kappa shape index (κ2) is 10.4. The molecule has 6 nitrogen and oxygen atoms in total. The minimum absolute atomic E-state index is 0.0733. The van der Waals surface area contributed by atoms with Gasteiger partial charge in [-0.15, -0.1) is 0 Å². The molecule has 36 heavy (non-hydrogen) atoms. The number of carboxylic acid groups (broad SMARTS) is 1. The van der Waals surface area contributed by atoms with E-state index in [0.717, 1.165) is 18.2 Å². The Morgan fingerprint density at radius 2 is 1.61 bits per heavy atom. The van der Waals surface area contributed by atoms with Crippen molar-refractivity contribution in [2.75, 3.05) is 17.2 Å². The number of hydrogen-bond donors (Lipinski definition) is 3. The molecule has 0 heterocycles. The first-order valence-corrected chi connectivity index (χ1v) is 9.86. The Morgan fingerprint density at radius 1 is 1.03 bits per heavy atom. The molecule has 17 heteroatoms. The topological polar surface area (TPSA) is 87.7 Å². The van der Waals surface area contributed by atoms with Crippen molar-refractivity contribution in [3.05, 3.63) is 51.7 Å². The second-order valence-corrected chi connectivity index (χ2v) is 7.59. The van der Waals surface area contributed by atoms with Crippen LogP contribution in [0.3, 0.4) is 0 Å². The van der Waals surface area contributed by atoms with Gasteiger partial charge in [0.1, 0.15) is 6.54 Å². The lowest BCUT2D eigenvalue weighted by Gasteiger charge is -2.31. The monoisotopic (exact) mass is 600 g/mol. The lowest BCUT2D eigenvalue weighted by atomic mass is 9.93. The van der Waals surface area contributed by atoms with E-state index in [0.29, 0.717) is 0 Å². The minimum atomic E-state index is -6.58. The molecule has 0 aliphatic carbocycles. The fraction of sp³-hybridized carbons (Fsp3) is 0.263. The van der Waals surface area contributed by atoms with Crippen molar-refractivity contribution in [2.45, 2.75) is 24.6 Å². The molecule has 0 saturated carbocycles. The highest BCUT2D eigenvalue weighted by Gasteiger charge is 2.73. The largest absolute Gasteiger partial charge is 0.480 e. The molecule has 2 aromatic rings. The summed E-state index contributed by atoms with van der Waals surface area (Å²) in [6.07, 6.45) is -13.2. The van der Waals surface area contributed by atoms with Crippen LogP contribution in [0.2, 0.25) is 0 Å². The molecular formula is C19H11BrF10N2O4. The van der Waals surface area contributed by atoms with E-state index < -0.39 is 81.6 Å². The summed E-state index contributed by atoms with van der Waals surface area (Å²) in [5.74, 6) is -5.71. The molecule has 1 amide bonds. The summed E-state index contributed by atoms with van der Waals surface area (Å²) in [6, 6.07) is 2.53. The van der Waals surface area contributed by atoms with E-state index in [1.54, 1.807) is 5.32 Å². The average Bonchev–Trinajstić information content (AvgIpc) is 2.72. The number of anilines is 2. The number of nitrogens with one attached hydrogen (secondary N) is 2. The zero-order chi connectivity index (χ0) is 27.6. The summed E-state index contributed by atoms with van der Waals surface area (Å²) in [5, 5.41) is 12.5. The second-order valence-electron chi connectivity index (χ2n) is 6.73. The van der Waals surface area contributed by atoms with Crippen LogP contribution < -0.4 is 15.4 Å². The van der Waals surface area contributed by atoms with Crippen molar-refractivity contribution in [3.8, 4) is 5.75 Å². The van der Waals surface area contributed by atoms with E-state index in [1.165, 1.54) is 0 Å².